The molecule has 1 heterocycles. The molecule has 5 nitrogen and oxygen atoms in total. The molecule has 0 amide bonds. The first kappa shape index (κ1) is 28.9. The molecule has 0 atom stereocenters. The van der Waals surface area contributed by atoms with Crippen LogP contribution in [0.1, 0.15) is 58.4 Å². The third kappa shape index (κ3) is 7.34. The summed E-state index contributed by atoms with van der Waals surface area (Å²) in [5, 5.41) is 11.1. The second-order valence-electron chi connectivity index (χ2n) is 9.89. The summed E-state index contributed by atoms with van der Waals surface area (Å²) in [5.74, 6) is -0.107. The molecule has 192 valence electrons. The Kier molecular flexibility index (Phi) is 10.8. The first-order chi connectivity index (χ1) is 16.3. The van der Waals surface area contributed by atoms with Crippen LogP contribution >= 0.6 is 0 Å². The zero-order valence-electron chi connectivity index (χ0n) is 21.9. The molecule has 0 spiro atoms. The Morgan fingerprint density at radius 1 is 0.914 bits per heavy atom. The fourth-order valence-electron chi connectivity index (χ4n) is 4.66. The van der Waals surface area contributed by atoms with Gasteiger partial charge in [-0.1, -0.05) is 26.2 Å². The molecule has 2 aromatic carbocycles. The van der Waals surface area contributed by atoms with Crippen LogP contribution in [0.2, 0.25) is 0 Å². The molecule has 0 unspecified atom stereocenters. The number of halogens is 1. The molecule has 35 heavy (non-hydrogen) atoms. The highest BCUT2D eigenvalue weighted by Gasteiger charge is 2.19. The number of fused-ring (bicyclic) bond motifs is 1. The fourth-order valence-corrected chi connectivity index (χ4v) is 4.66. The van der Waals surface area contributed by atoms with E-state index in [1.165, 1.54) is 32.1 Å². The first-order valence-electron chi connectivity index (χ1n) is 12.8. The van der Waals surface area contributed by atoms with E-state index in [0.29, 0.717) is 16.5 Å². The van der Waals surface area contributed by atoms with Crippen molar-refractivity contribution >= 4 is 16.7 Å². The molecule has 1 aromatic heterocycles. The molecule has 0 saturated carbocycles. The molecule has 6 heteroatoms. The van der Waals surface area contributed by atoms with Crippen molar-refractivity contribution in [1.82, 2.24) is 0 Å². The molecule has 3 rings (SSSR count). The zero-order chi connectivity index (χ0) is 24.7. The maximum Gasteiger partial charge on any atom is 0.235 e. The minimum atomic E-state index is -0.379. The smallest absolute Gasteiger partial charge is 0.235 e. The third-order valence-electron chi connectivity index (χ3n) is 6.67. The van der Waals surface area contributed by atoms with Crippen molar-refractivity contribution < 1.29 is 31.0 Å². The largest absolute Gasteiger partial charge is 1.00 e. The SMILES string of the molecule is CCCCCCC[N+](C)(C)Cc1ccc2oc(-c3ccc(N(CC)CC)cc3)c(O)c(=O)c2c1.[Br-]. The molecule has 0 aliphatic carbocycles. The molecule has 3 aromatic rings. The van der Waals surface area contributed by atoms with Gasteiger partial charge in [0.25, 0.3) is 0 Å². The van der Waals surface area contributed by atoms with Gasteiger partial charge in [-0.05, 0) is 69.2 Å². The van der Waals surface area contributed by atoms with Crippen molar-refractivity contribution in [2.24, 2.45) is 0 Å². The highest BCUT2D eigenvalue weighted by atomic mass is 79.9. The van der Waals surface area contributed by atoms with Gasteiger partial charge in [0.1, 0.15) is 12.1 Å². The first-order valence-corrected chi connectivity index (χ1v) is 12.8. The van der Waals surface area contributed by atoms with Gasteiger partial charge in [-0.15, -0.1) is 0 Å². The number of unbranched alkanes of at least 4 members (excludes halogenated alkanes) is 4. The minimum absolute atomic E-state index is 0. The Balaban J connectivity index is 0.00000432. The van der Waals surface area contributed by atoms with Gasteiger partial charge >= 0.3 is 0 Å². The van der Waals surface area contributed by atoms with Gasteiger partial charge in [0.2, 0.25) is 11.2 Å². The van der Waals surface area contributed by atoms with Crippen LogP contribution in [0.3, 0.4) is 0 Å². The van der Waals surface area contributed by atoms with Crippen molar-refractivity contribution in [3.63, 3.8) is 0 Å². The van der Waals surface area contributed by atoms with Crippen LogP contribution in [0.5, 0.6) is 5.75 Å². The predicted molar refractivity (Wildman–Crippen MR) is 143 cm³/mol. The van der Waals surface area contributed by atoms with Crippen molar-refractivity contribution in [2.75, 3.05) is 38.6 Å². The Morgan fingerprint density at radius 2 is 1.57 bits per heavy atom. The van der Waals surface area contributed by atoms with Crippen molar-refractivity contribution in [3.8, 4) is 17.1 Å². The predicted octanol–water partition coefficient (Wildman–Crippen LogP) is 3.56. The normalized spacial score (nSPS) is 11.5. The second kappa shape index (κ2) is 13.1. The lowest BCUT2D eigenvalue weighted by atomic mass is 10.1. The van der Waals surface area contributed by atoms with E-state index in [4.69, 9.17) is 4.42 Å². The maximum atomic E-state index is 13.1. The summed E-state index contributed by atoms with van der Waals surface area (Å²) in [5.41, 5.74) is 2.99. The molecular formula is C29H41BrN2O3. The van der Waals surface area contributed by atoms with Crippen LogP contribution in [0.15, 0.2) is 51.7 Å². The number of aromatic hydroxyl groups is 1. The highest BCUT2D eigenvalue weighted by Crippen LogP contribution is 2.32. The van der Waals surface area contributed by atoms with E-state index in [9.17, 15) is 9.90 Å². The highest BCUT2D eigenvalue weighted by molar-refractivity contribution is 5.82. The van der Waals surface area contributed by atoms with Crippen molar-refractivity contribution in [1.29, 1.82) is 0 Å². The molecule has 0 saturated heterocycles. The molecule has 0 radical (unpaired) electrons. The number of benzene rings is 2. The van der Waals surface area contributed by atoms with Crippen LogP contribution in [-0.2, 0) is 6.54 Å². The standard InChI is InChI=1S/C29H40N2O3.BrH/c1-6-9-10-11-12-19-31(4,5)21-22-13-18-26-25(20-22)27(32)28(33)29(34-26)23-14-16-24(17-15-23)30(7-2)8-3;/h13-18,20H,6-12,19,21H2,1-5H3;1H. The van der Waals surface area contributed by atoms with E-state index in [-0.39, 0.29) is 33.9 Å². The number of anilines is 1. The Bertz CT molecular complexity index is 1140. The lowest BCUT2D eigenvalue weighted by Crippen LogP contribution is -3.00. The maximum absolute atomic E-state index is 13.1. The molecule has 0 bridgehead atoms. The molecule has 0 fully saturated rings. The third-order valence-corrected chi connectivity index (χ3v) is 6.67. The average Bonchev–Trinajstić information content (AvgIpc) is 2.82. The lowest BCUT2D eigenvalue weighted by Gasteiger charge is -2.30. The molecular weight excluding hydrogens is 504 g/mol. The second-order valence-corrected chi connectivity index (χ2v) is 9.89. The van der Waals surface area contributed by atoms with Crippen LogP contribution in [0.25, 0.3) is 22.3 Å². The Labute approximate surface area is 220 Å². The van der Waals surface area contributed by atoms with Crippen LogP contribution < -0.4 is 27.3 Å². The van der Waals surface area contributed by atoms with E-state index in [2.05, 4.69) is 39.8 Å². The monoisotopic (exact) mass is 544 g/mol. The van der Waals surface area contributed by atoms with Gasteiger partial charge in [-0.3, -0.25) is 4.79 Å². The van der Waals surface area contributed by atoms with Gasteiger partial charge in [0, 0.05) is 29.9 Å². The van der Waals surface area contributed by atoms with Crippen LogP contribution in [0, 0.1) is 0 Å². The van der Waals surface area contributed by atoms with E-state index >= 15 is 0 Å². The fraction of sp³-hybridized carbons (Fsp3) is 0.483. The molecule has 1 N–H and O–H groups in total. The minimum Gasteiger partial charge on any atom is -1.00 e. The van der Waals surface area contributed by atoms with Gasteiger partial charge < -0.3 is 35.9 Å². The summed E-state index contributed by atoms with van der Waals surface area (Å²) >= 11 is 0. The number of hydrogen-bond donors (Lipinski definition) is 1. The summed E-state index contributed by atoms with van der Waals surface area (Å²) in [7, 11) is 4.46. The number of hydrogen-bond acceptors (Lipinski definition) is 4. The Morgan fingerprint density at radius 3 is 2.20 bits per heavy atom. The van der Waals surface area contributed by atoms with Crippen molar-refractivity contribution in [3.05, 3.63) is 58.3 Å². The topological polar surface area (TPSA) is 53.7 Å². The van der Waals surface area contributed by atoms with Gasteiger partial charge in [0.05, 0.1) is 26.0 Å². The molecule has 0 aliphatic rings. The van der Waals surface area contributed by atoms with E-state index in [0.717, 1.165) is 41.9 Å². The van der Waals surface area contributed by atoms with E-state index < -0.39 is 0 Å². The Hall–Kier alpha value is -2.31. The van der Waals surface area contributed by atoms with Crippen LogP contribution in [-0.4, -0.2) is 43.3 Å². The summed E-state index contributed by atoms with van der Waals surface area (Å²) in [6.45, 7) is 10.2. The summed E-state index contributed by atoms with van der Waals surface area (Å²) in [6, 6.07) is 13.6. The summed E-state index contributed by atoms with van der Waals surface area (Å²) in [6.07, 6.45) is 6.34. The summed E-state index contributed by atoms with van der Waals surface area (Å²) in [4.78, 5) is 15.3. The summed E-state index contributed by atoms with van der Waals surface area (Å²) < 4.78 is 6.90. The van der Waals surface area contributed by atoms with Crippen molar-refractivity contribution in [2.45, 2.75) is 59.4 Å². The van der Waals surface area contributed by atoms with Crippen LogP contribution in [0.4, 0.5) is 5.69 Å². The number of nitrogens with zero attached hydrogens (tertiary/aromatic N) is 2. The molecule has 0 aliphatic heterocycles. The average molecular weight is 546 g/mol. The van der Waals surface area contributed by atoms with Gasteiger partial charge in [-0.25, -0.2) is 0 Å². The quantitative estimate of drug-likeness (QED) is 0.280. The number of quaternary nitrogens is 1. The van der Waals surface area contributed by atoms with Gasteiger partial charge in [0.15, 0.2) is 5.76 Å². The van der Waals surface area contributed by atoms with E-state index in [1.807, 2.05) is 42.5 Å². The zero-order valence-corrected chi connectivity index (χ0v) is 23.5. The van der Waals surface area contributed by atoms with E-state index in [1.54, 1.807) is 0 Å². The van der Waals surface area contributed by atoms with Gasteiger partial charge in [-0.2, -0.15) is 0 Å². The number of rotatable bonds is 12. The lowest BCUT2D eigenvalue weighted by molar-refractivity contribution is -0.903.